The van der Waals surface area contributed by atoms with Crippen LogP contribution >= 0.6 is 0 Å². The number of hydrogen-bond donors (Lipinski definition) is 0. The zero-order chi connectivity index (χ0) is 27.4. The molecule has 1 aromatic carbocycles. The summed E-state index contributed by atoms with van der Waals surface area (Å²) in [6.07, 6.45) is 4.62. The molecule has 0 bridgehead atoms. The molecule has 11 nitrogen and oxygen atoms in total. The first-order valence-corrected chi connectivity index (χ1v) is 13.7. The van der Waals surface area contributed by atoms with Crippen molar-refractivity contribution in [2.24, 2.45) is 0 Å². The number of morpholine rings is 1. The van der Waals surface area contributed by atoms with Gasteiger partial charge < -0.3 is 33.8 Å². The van der Waals surface area contributed by atoms with Gasteiger partial charge in [-0.25, -0.2) is 15.0 Å². The molecule has 0 spiro atoms. The van der Waals surface area contributed by atoms with Crippen LogP contribution in [-0.4, -0.2) is 112 Å². The van der Waals surface area contributed by atoms with Gasteiger partial charge in [0.1, 0.15) is 17.4 Å². The highest BCUT2D eigenvalue weighted by Crippen LogP contribution is 2.32. The Balaban J connectivity index is 1.45. The van der Waals surface area contributed by atoms with Crippen LogP contribution in [0.4, 0.5) is 17.6 Å². The van der Waals surface area contributed by atoms with Crippen LogP contribution in [0.25, 0.3) is 11.0 Å². The van der Waals surface area contributed by atoms with Gasteiger partial charge in [0.2, 0.25) is 5.95 Å². The number of anilines is 3. The molecule has 0 N–H and O–H groups in total. The van der Waals surface area contributed by atoms with Crippen LogP contribution in [0, 0.1) is 0 Å². The summed E-state index contributed by atoms with van der Waals surface area (Å²) >= 11 is 0. The van der Waals surface area contributed by atoms with E-state index >= 15 is 0 Å². The number of hydrogen-bond acceptors (Lipinski definition) is 11. The third kappa shape index (κ3) is 5.94. The molecule has 3 aromatic rings. The molecule has 2 saturated heterocycles. The lowest BCUT2D eigenvalue weighted by Gasteiger charge is -2.36. The highest BCUT2D eigenvalue weighted by Gasteiger charge is 2.26. The minimum Gasteiger partial charge on any atom is -0.493 e. The Bertz CT molecular complexity index is 1260. The topological polar surface area (TPSA) is 92.2 Å². The number of likely N-dealkylation sites (N-methyl/N-ethyl adjacent to an activating group) is 1. The molecule has 11 heteroatoms. The van der Waals surface area contributed by atoms with Crippen molar-refractivity contribution >= 4 is 28.6 Å². The molecule has 210 valence electrons. The largest absolute Gasteiger partial charge is 0.493 e. The molecule has 2 aliphatic heterocycles. The van der Waals surface area contributed by atoms with Crippen molar-refractivity contribution in [1.82, 2.24) is 24.8 Å². The number of rotatable bonds is 9. The van der Waals surface area contributed by atoms with Gasteiger partial charge in [0.15, 0.2) is 23.1 Å². The second-order valence-corrected chi connectivity index (χ2v) is 10.4. The summed E-state index contributed by atoms with van der Waals surface area (Å²) in [4.78, 5) is 28.6. The summed E-state index contributed by atoms with van der Waals surface area (Å²) in [7, 11) is 9.68. The van der Waals surface area contributed by atoms with E-state index in [1.54, 1.807) is 20.5 Å². The zero-order valence-electron chi connectivity index (χ0n) is 23.8. The fraction of sp³-hybridized carbons (Fsp3) is 0.571. The molecule has 0 aliphatic carbocycles. The van der Waals surface area contributed by atoms with E-state index in [9.17, 15) is 0 Å². The number of ether oxygens (including phenoxy) is 3. The van der Waals surface area contributed by atoms with Crippen molar-refractivity contribution in [3.63, 3.8) is 0 Å². The van der Waals surface area contributed by atoms with Gasteiger partial charge in [-0.15, -0.1) is 0 Å². The summed E-state index contributed by atoms with van der Waals surface area (Å²) in [6, 6.07) is 6.63. The maximum atomic E-state index is 5.62. The highest BCUT2D eigenvalue weighted by atomic mass is 16.5. The predicted octanol–water partition coefficient (Wildman–Crippen LogP) is 2.48. The first kappa shape index (κ1) is 27.1. The molecule has 2 fully saturated rings. The number of fused-ring (bicyclic) bond motifs is 1. The molecule has 39 heavy (non-hydrogen) atoms. The van der Waals surface area contributed by atoms with Gasteiger partial charge in [-0.05, 0) is 51.1 Å². The van der Waals surface area contributed by atoms with Gasteiger partial charge >= 0.3 is 0 Å². The van der Waals surface area contributed by atoms with Crippen molar-refractivity contribution in [2.45, 2.75) is 25.3 Å². The van der Waals surface area contributed by atoms with Crippen LogP contribution in [0.3, 0.4) is 0 Å². The zero-order valence-corrected chi connectivity index (χ0v) is 23.8. The van der Waals surface area contributed by atoms with Crippen LogP contribution in [0.5, 0.6) is 11.5 Å². The van der Waals surface area contributed by atoms with Crippen molar-refractivity contribution < 1.29 is 14.2 Å². The van der Waals surface area contributed by atoms with Gasteiger partial charge in [0.25, 0.3) is 0 Å². The number of aromatic nitrogens is 4. The number of methoxy groups -OCH3 is 2. The lowest BCUT2D eigenvalue weighted by Crippen LogP contribution is -2.43. The first-order valence-electron chi connectivity index (χ1n) is 13.7. The van der Waals surface area contributed by atoms with E-state index in [0.717, 1.165) is 97.7 Å². The Labute approximate surface area is 230 Å². The highest BCUT2D eigenvalue weighted by molar-refractivity contribution is 5.94. The molecule has 4 heterocycles. The Kier molecular flexibility index (Phi) is 8.47. The maximum Gasteiger partial charge on any atom is 0.228 e. The molecular formula is C28H40N8O3. The molecule has 2 aliphatic rings. The summed E-state index contributed by atoms with van der Waals surface area (Å²) in [5.41, 5.74) is 2.73. The van der Waals surface area contributed by atoms with Gasteiger partial charge in [0, 0.05) is 45.8 Å². The smallest absolute Gasteiger partial charge is 0.228 e. The summed E-state index contributed by atoms with van der Waals surface area (Å²) in [5, 5.41) is 0. The van der Waals surface area contributed by atoms with E-state index in [0.29, 0.717) is 19.3 Å². The first-order chi connectivity index (χ1) is 19.0. The fourth-order valence-corrected chi connectivity index (χ4v) is 5.35. The number of piperidine rings is 1. The average Bonchev–Trinajstić information content (AvgIpc) is 2.99. The Hall–Kier alpha value is -3.44. The van der Waals surface area contributed by atoms with Gasteiger partial charge in [-0.3, -0.25) is 0 Å². The van der Waals surface area contributed by atoms with Gasteiger partial charge in [-0.1, -0.05) is 6.07 Å². The predicted molar refractivity (Wildman–Crippen MR) is 154 cm³/mol. The van der Waals surface area contributed by atoms with Crippen molar-refractivity contribution in [3.8, 4) is 11.5 Å². The summed E-state index contributed by atoms with van der Waals surface area (Å²) < 4.78 is 16.5. The van der Waals surface area contributed by atoms with E-state index in [1.807, 2.05) is 12.1 Å². The standard InChI is InChI=1S/C28H40N8O3/c1-33(2)21-9-12-36(13-10-21)28-31-25-24(27(32-28)35-14-16-39-17-15-35)29-19-30-26(25)34(3)11-8-20-6-7-22(37-4)23(18-20)38-5/h6-7,18-19,21H,8-17H2,1-5H3. The van der Waals surface area contributed by atoms with Crippen LogP contribution < -0.4 is 24.2 Å². The Morgan fingerprint density at radius 3 is 2.33 bits per heavy atom. The average molecular weight is 537 g/mol. The monoisotopic (exact) mass is 536 g/mol. The van der Waals surface area contributed by atoms with Crippen LogP contribution in [0.2, 0.25) is 0 Å². The Morgan fingerprint density at radius 1 is 0.897 bits per heavy atom. The van der Waals surface area contributed by atoms with Crippen molar-refractivity contribution in [3.05, 3.63) is 30.1 Å². The molecule has 0 amide bonds. The molecule has 0 unspecified atom stereocenters. The second kappa shape index (κ2) is 12.2. The maximum absolute atomic E-state index is 5.62. The number of benzene rings is 1. The normalized spacial score (nSPS) is 16.7. The van der Waals surface area contributed by atoms with Gasteiger partial charge in [0.05, 0.1) is 27.4 Å². The van der Waals surface area contributed by atoms with Crippen molar-refractivity contribution in [2.75, 3.05) is 96.0 Å². The second-order valence-electron chi connectivity index (χ2n) is 10.4. The minimum absolute atomic E-state index is 0.585. The molecule has 2 aromatic heterocycles. The van der Waals surface area contributed by atoms with E-state index in [4.69, 9.17) is 29.2 Å². The molecule has 0 atom stereocenters. The van der Waals surface area contributed by atoms with Crippen LogP contribution in [-0.2, 0) is 11.2 Å². The van der Waals surface area contributed by atoms with E-state index < -0.39 is 0 Å². The quantitative estimate of drug-likeness (QED) is 0.404. The SMILES string of the molecule is COc1ccc(CCN(C)c2ncnc3c(N4CCOCC4)nc(N4CCC(N(C)C)CC4)nc23)cc1OC. The van der Waals surface area contributed by atoms with E-state index in [-0.39, 0.29) is 0 Å². The van der Waals surface area contributed by atoms with Crippen molar-refractivity contribution in [1.29, 1.82) is 0 Å². The lowest BCUT2D eigenvalue weighted by molar-refractivity contribution is 0.122. The minimum atomic E-state index is 0.585. The van der Waals surface area contributed by atoms with E-state index in [2.05, 4.69) is 51.8 Å². The Morgan fingerprint density at radius 2 is 1.64 bits per heavy atom. The fourth-order valence-electron chi connectivity index (χ4n) is 5.35. The summed E-state index contributed by atoms with van der Waals surface area (Å²) in [5.74, 6) is 3.89. The molecule has 0 radical (unpaired) electrons. The molecule has 0 saturated carbocycles. The van der Waals surface area contributed by atoms with E-state index in [1.165, 1.54) is 0 Å². The molecular weight excluding hydrogens is 496 g/mol. The van der Waals surface area contributed by atoms with Gasteiger partial charge in [-0.2, -0.15) is 4.98 Å². The third-order valence-electron chi connectivity index (χ3n) is 7.77. The van der Waals surface area contributed by atoms with Crippen LogP contribution in [0.1, 0.15) is 18.4 Å². The molecule has 5 rings (SSSR count). The lowest BCUT2D eigenvalue weighted by atomic mass is 10.0. The third-order valence-corrected chi connectivity index (χ3v) is 7.77. The summed E-state index contributed by atoms with van der Waals surface area (Å²) in [6.45, 7) is 5.52. The number of nitrogens with zero attached hydrogens (tertiary/aromatic N) is 8. The van der Waals surface area contributed by atoms with Crippen LogP contribution in [0.15, 0.2) is 24.5 Å².